The van der Waals surface area contributed by atoms with Crippen LogP contribution in [0.1, 0.15) is 19.3 Å². The summed E-state index contributed by atoms with van der Waals surface area (Å²) in [6.07, 6.45) is 3.76. The van der Waals surface area contributed by atoms with E-state index in [0.717, 1.165) is 40.4 Å². The highest BCUT2D eigenvalue weighted by Crippen LogP contribution is 2.21. The highest BCUT2D eigenvalue weighted by atomic mass is 35.5. The Hall–Kier alpha value is -0.840. The molecule has 18 heavy (non-hydrogen) atoms. The van der Waals surface area contributed by atoms with Crippen molar-refractivity contribution in [3.63, 3.8) is 0 Å². The lowest BCUT2D eigenvalue weighted by Crippen LogP contribution is -2.10. The summed E-state index contributed by atoms with van der Waals surface area (Å²) in [5.41, 5.74) is 2.11. The van der Waals surface area contributed by atoms with E-state index >= 15 is 0 Å². The molecule has 3 rings (SSSR count). The number of nitrogens with zero attached hydrogens (tertiary/aromatic N) is 1. The maximum atomic E-state index is 5.98. The first-order valence-corrected chi connectivity index (χ1v) is 7.02. The number of hydrogen-bond donors (Lipinski definition) is 1. The molecule has 1 aliphatic rings. The third kappa shape index (κ3) is 2.32. The molecular weight excluding hydrogens is 268 g/mol. The SMILES string of the molecule is S=c1[nH]c2cc(Cl)ccc2n1CCC1CCCO1. The zero-order valence-corrected chi connectivity index (χ0v) is 11.6. The topological polar surface area (TPSA) is 29.9 Å². The minimum atomic E-state index is 0.393. The predicted molar refractivity (Wildman–Crippen MR) is 75.7 cm³/mol. The molecule has 1 unspecified atom stereocenters. The van der Waals surface area contributed by atoms with E-state index in [-0.39, 0.29) is 0 Å². The van der Waals surface area contributed by atoms with Crippen LogP contribution in [0.4, 0.5) is 0 Å². The molecular formula is C13H15ClN2OS. The quantitative estimate of drug-likeness (QED) is 0.865. The van der Waals surface area contributed by atoms with Gasteiger partial charge in [-0.05, 0) is 49.7 Å². The van der Waals surface area contributed by atoms with Gasteiger partial charge in [0.1, 0.15) is 0 Å². The fourth-order valence-corrected chi connectivity index (χ4v) is 2.97. The van der Waals surface area contributed by atoms with E-state index in [1.807, 2.05) is 18.2 Å². The highest BCUT2D eigenvalue weighted by Gasteiger charge is 2.16. The fourth-order valence-electron chi connectivity index (χ4n) is 2.50. The number of nitrogens with one attached hydrogen (secondary N) is 1. The minimum absolute atomic E-state index is 0.393. The number of hydrogen-bond acceptors (Lipinski definition) is 2. The van der Waals surface area contributed by atoms with Crippen LogP contribution in [-0.4, -0.2) is 22.3 Å². The van der Waals surface area contributed by atoms with Gasteiger partial charge in [0.05, 0.1) is 17.1 Å². The molecule has 5 heteroatoms. The summed E-state index contributed by atoms with van der Waals surface area (Å²) in [7, 11) is 0. The third-order valence-corrected chi connectivity index (χ3v) is 3.99. The van der Waals surface area contributed by atoms with Gasteiger partial charge in [-0.25, -0.2) is 0 Å². The van der Waals surface area contributed by atoms with E-state index in [4.69, 9.17) is 28.6 Å². The number of benzene rings is 1. The van der Waals surface area contributed by atoms with Gasteiger partial charge in [-0.1, -0.05) is 11.6 Å². The van der Waals surface area contributed by atoms with Crippen molar-refractivity contribution in [1.29, 1.82) is 0 Å². The van der Waals surface area contributed by atoms with Crippen LogP contribution >= 0.6 is 23.8 Å². The Kier molecular flexibility index (Phi) is 3.41. The standard InChI is InChI=1S/C13H15ClN2OS/c14-9-3-4-12-11(8-9)15-13(18)16(12)6-5-10-2-1-7-17-10/h3-4,8,10H,1-2,5-7H2,(H,15,18). The average Bonchev–Trinajstić information content (AvgIpc) is 2.93. The zero-order valence-electron chi connectivity index (χ0n) is 9.99. The number of ether oxygens (including phenoxy) is 1. The summed E-state index contributed by atoms with van der Waals surface area (Å²) in [5.74, 6) is 0. The molecule has 1 saturated heterocycles. The fraction of sp³-hybridized carbons (Fsp3) is 0.462. The summed E-state index contributed by atoms with van der Waals surface area (Å²) in [5, 5.41) is 0.727. The van der Waals surface area contributed by atoms with E-state index in [1.54, 1.807) is 0 Å². The van der Waals surface area contributed by atoms with Gasteiger partial charge in [-0.2, -0.15) is 0 Å². The normalized spacial score (nSPS) is 19.7. The first-order chi connectivity index (χ1) is 8.74. The molecule has 1 aromatic carbocycles. The van der Waals surface area contributed by atoms with Crippen molar-refractivity contribution in [3.05, 3.63) is 28.0 Å². The van der Waals surface area contributed by atoms with Crippen LogP contribution in [0.3, 0.4) is 0 Å². The van der Waals surface area contributed by atoms with Crippen LogP contribution in [0.5, 0.6) is 0 Å². The summed E-state index contributed by atoms with van der Waals surface area (Å²) >= 11 is 11.3. The number of halogens is 1. The van der Waals surface area contributed by atoms with Crippen LogP contribution in [0.15, 0.2) is 18.2 Å². The molecule has 0 saturated carbocycles. The van der Waals surface area contributed by atoms with Gasteiger partial charge in [0, 0.05) is 18.2 Å². The molecule has 2 aromatic rings. The van der Waals surface area contributed by atoms with Gasteiger partial charge in [-0.15, -0.1) is 0 Å². The van der Waals surface area contributed by atoms with Gasteiger partial charge in [0.2, 0.25) is 0 Å². The van der Waals surface area contributed by atoms with Crippen molar-refractivity contribution < 1.29 is 4.74 Å². The van der Waals surface area contributed by atoms with Crippen LogP contribution in [0.25, 0.3) is 11.0 Å². The van der Waals surface area contributed by atoms with Gasteiger partial charge < -0.3 is 14.3 Å². The molecule has 1 aromatic heterocycles. The molecule has 96 valence electrons. The Morgan fingerprint density at radius 3 is 3.17 bits per heavy atom. The van der Waals surface area contributed by atoms with Crippen molar-refractivity contribution in [1.82, 2.24) is 9.55 Å². The molecule has 1 aliphatic heterocycles. The molecule has 1 fully saturated rings. The van der Waals surface area contributed by atoms with E-state index in [2.05, 4.69) is 9.55 Å². The van der Waals surface area contributed by atoms with Gasteiger partial charge in [0.15, 0.2) is 4.77 Å². The molecule has 1 atom stereocenters. The minimum Gasteiger partial charge on any atom is -0.378 e. The number of imidazole rings is 1. The lowest BCUT2D eigenvalue weighted by atomic mass is 10.2. The van der Waals surface area contributed by atoms with Crippen molar-refractivity contribution in [2.45, 2.75) is 31.9 Å². The van der Waals surface area contributed by atoms with E-state index < -0.39 is 0 Å². The average molecular weight is 283 g/mol. The number of fused-ring (bicyclic) bond motifs is 1. The Morgan fingerprint density at radius 2 is 2.39 bits per heavy atom. The molecule has 0 bridgehead atoms. The van der Waals surface area contributed by atoms with Crippen LogP contribution in [0.2, 0.25) is 5.02 Å². The van der Waals surface area contributed by atoms with E-state index in [9.17, 15) is 0 Å². The lowest BCUT2D eigenvalue weighted by Gasteiger charge is -2.10. The largest absolute Gasteiger partial charge is 0.378 e. The van der Waals surface area contributed by atoms with Crippen molar-refractivity contribution in [2.24, 2.45) is 0 Å². The molecule has 3 nitrogen and oxygen atoms in total. The van der Waals surface area contributed by atoms with Crippen molar-refractivity contribution >= 4 is 34.9 Å². The molecule has 1 N–H and O–H groups in total. The van der Waals surface area contributed by atoms with Gasteiger partial charge in [-0.3, -0.25) is 0 Å². The summed E-state index contributed by atoms with van der Waals surface area (Å²) in [4.78, 5) is 3.20. The molecule has 2 heterocycles. The first-order valence-electron chi connectivity index (χ1n) is 6.24. The highest BCUT2D eigenvalue weighted by molar-refractivity contribution is 7.71. The second kappa shape index (κ2) is 5.03. The Morgan fingerprint density at radius 1 is 1.50 bits per heavy atom. The smallest absolute Gasteiger partial charge is 0.178 e. The zero-order chi connectivity index (χ0) is 12.5. The summed E-state index contributed by atoms with van der Waals surface area (Å²) < 4.78 is 8.53. The van der Waals surface area contributed by atoms with E-state index in [1.165, 1.54) is 12.8 Å². The number of aromatic nitrogens is 2. The third-order valence-electron chi connectivity index (χ3n) is 3.43. The summed E-state index contributed by atoms with van der Waals surface area (Å²) in [6.45, 7) is 1.80. The van der Waals surface area contributed by atoms with Crippen LogP contribution in [0, 0.1) is 4.77 Å². The number of rotatable bonds is 3. The van der Waals surface area contributed by atoms with Gasteiger partial charge >= 0.3 is 0 Å². The summed E-state index contributed by atoms with van der Waals surface area (Å²) in [6, 6.07) is 5.82. The molecule has 0 radical (unpaired) electrons. The Balaban J connectivity index is 1.86. The molecule has 0 amide bonds. The predicted octanol–water partition coefficient (Wildman–Crippen LogP) is 3.92. The van der Waals surface area contributed by atoms with Crippen LogP contribution < -0.4 is 0 Å². The lowest BCUT2D eigenvalue weighted by molar-refractivity contribution is 0.101. The maximum absolute atomic E-state index is 5.98. The number of aromatic amines is 1. The Bertz CT molecular complexity index is 613. The number of aryl methyl sites for hydroxylation is 1. The van der Waals surface area contributed by atoms with Gasteiger partial charge in [0.25, 0.3) is 0 Å². The number of H-pyrrole nitrogens is 1. The first kappa shape index (κ1) is 12.2. The monoisotopic (exact) mass is 282 g/mol. The maximum Gasteiger partial charge on any atom is 0.178 e. The second-order valence-corrected chi connectivity index (χ2v) is 5.49. The molecule has 0 aliphatic carbocycles. The van der Waals surface area contributed by atoms with Crippen molar-refractivity contribution in [3.8, 4) is 0 Å². The van der Waals surface area contributed by atoms with E-state index in [0.29, 0.717) is 6.10 Å². The molecule has 0 spiro atoms. The Labute approximate surface area is 116 Å². The second-order valence-electron chi connectivity index (χ2n) is 4.67. The van der Waals surface area contributed by atoms with Crippen LogP contribution in [-0.2, 0) is 11.3 Å². The van der Waals surface area contributed by atoms with Crippen molar-refractivity contribution in [2.75, 3.05) is 6.61 Å².